The summed E-state index contributed by atoms with van der Waals surface area (Å²) in [6.45, 7) is 0.605. The van der Waals surface area contributed by atoms with Crippen LogP contribution in [-0.4, -0.2) is 30.8 Å². The third kappa shape index (κ3) is 5.58. The van der Waals surface area contributed by atoms with Crippen LogP contribution < -0.4 is 5.32 Å². The first-order chi connectivity index (χ1) is 9.89. The first-order valence-electron chi connectivity index (χ1n) is 7.33. The normalized spacial score (nSPS) is 18.0. The van der Waals surface area contributed by atoms with Gasteiger partial charge in [-0.15, -0.1) is 0 Å². The van der Waals surface area contributed by atoms with Gasteiger partial charge in [0, 0.05) is 10.6 Å². The van der Waals surface area contributed by atoms with Crippen LogP contribution in [0.1, 0.15) is 37.7 Å². The first kappa shape index (κ1) is 16.7. The van der Waals surface area contributed by atoms with E-state index in [0.29, 0.717) is 13.0 Å². The molecule has 1 aromatic rings. The molecule has 6 heteroatoms. The summed E-state index contributed by atoms with van der Waals surface area (Å²) in [5.41, 5.74) is 1.29. The molecule has 1 aliphatic carbocycles. The van der Waals surface area contributed by atoms with Crippen LogP contribution in [0.4, 0.5) is 0 Å². The van der Waals surface area contributed by atoms with Gasteiger partial charge in [0.05, 0.1) is 5.75 Å². The molecule has 1 aliphatic rings. The van der Waals surface area contributed by atoms with E-state index in [1.165, 1.54) is 18.4 Å². The summed E-state index contributed by atoms with van der Waals surface area (Å²) in [5, 5.41) is 4.26. The summed E-state index contributed by atoms with van der Waals surface area (Å²) >= 11 is 5.91. The van der Waals surface area contributed by atoms with Gasteiger partial charge in [-0.05, 0) is 49.9 Å². The van der Waals surface area contributed by atoms with E-state index < -0.39 is 10.1 Å². The lowest BCUT2D eigenvalue weighted by Crippen LogP contribution is -2.45. The summed E-state index contributed by atoms with van der Waals surface area (Å²) in [6, 6.07) is 7.89. The van der Waals surface area contributed by atoms with Gasteiger partial charge in [-0.1, -0.05) is 36.6 Å². The monoisotopic (exact) mass is 331 g/mol. The summed E-state index contributed by atoms with van der Waals surface area (Å²) < 4.78 is 30.3. The molecule has 0 radical (unpaired) electrons. The maximum Gasteiger partial charge on any atom is 0.264 e. The quantitative estimate of drug-likeness (QED) is 0.595. The van der Waals surface area contributed by atoms with Gasteiger partial charge in [0.25, 0.3) is 10.1 Å². The van der Waals surface area contributed by atoms with Crippen LogP contribution in [0.2, 0.25) is 5.02 Å². The van der Waals surface area contributed by atoms with Gasteiger partial charge >= 0.3 is 0 Å². The van der Waals surface area contributed by atoms with E-state index in [1.807, 2.05) is 24.3 Å². The van der Waals surface area contributed by atoms with E-state index in [1.54, 1.807) is 0 Å². The third-order valence-corrected chi connectivity index (χ3v) is 5.15. The zero-order chi connectivity index (χ0) is 15.3. The molecule has 0 unspecified atom stereocenters. The molecule has 0 atom stereocenters. The van der Waals surface area contributed by atoms with Crippen LogP contribution in [0.15, 0.2) is 24.3 Å². The van der Waals surface area contributed by atoms with Crippen LogP contribution in [0, 0.1) is 0 Å². The van der Waals surface area contributed by atoms with Crippen molar-refractivity contribution in [2.75, 3.05) is 12.3 Å². The van der Waals surface area contributed by atoms with Gasteiger partial charge in [-0.3, -0.25) is 4.55 Å². The van der Waals surface area contributed by atoms with Gasteiger partial charge in [-0.25, -0.2) is 0 Å². The number of benzene rings is 1. The number of rotatable bonds is 7. The zero-order valence-electron chi connectivity index (χ0n) is 12.0. The molecule has 2 rings (SSSR count). The molecule has 1 aromatic carbocycles. The highest BCUT2D eigenvalue weighted by atomic mass is 35.5. The van der Waals surface area contributed by atoms with Crippen molar-refractivity contribution in [2.24, 2.45) is 0 Å². The molecule has 0 spiro atoms. The minimum absolute atomic E-state index is 0.0487. The Morgan fingerprint density at radius 1 is 1.19 bits per heavy atom. The molecule has 1 fully saturated rings. The zero-order valence-corrected chi connectivity index (χ0v) is 13.6. The van der Waals surface area contributed by atoms with E-state index >= 15 is 0 Å². The van der Waals surface area contributed by atoms with E-state index in [9.17, 15) is 8.42 Å². The molecule has 0 bridgehead atoms. The van der Waals surface area contributed by atoms with Crippen LogP contribution in [0.5, 0.6) is 0 Å². The maximum atomic E-state index is 10.7. The van der Waals surface area contributed by atoms with Crippen molar-refractivity contribution < 1.29 is 13.0 Å². The molecular formula is C15H22ClNO3S. The van der Waals surface area contributed by atoms with Crippen molar-refractivity contribution in [3.8, 4) is 0 Å². The second-order valence-corrected chi connectivity index (χ2v) is 7.87. The predicted octanol–water partition coefficient (Wildman–Crippen LogP) is 3.06. The van der Waals surface area contributed by atoms with Crippen LogP contribution >= 0.6 is 11.6 Å². The number of halogens is 1. The maximum absolute atomic E-state index is 10.7. The fourth-order valence-corrected chi connectivity index (χ4v) is 3.70. The predicted molar refractivity (Wildman–Crippen MR) is 85.4 cm³/mol. The average Bonchev–Trinajstić information content (AvgIpc) is 2.86. The molecular weight excluding hydrogens is 310 g/mol. The highest BCUT2D eigenvalue weighted by Gasteiger charge is 2.33. The lowest BCUT2D eigenvalue weighted by atomic mass is 9.89. The molecule has 1 saturated carbocycles. The third-order valence-electron chi connectivity index (χ3n) is 4.10. The van der Waals surface area contributed by atoms with E-state index in [-0.39, 0.29) is 11.3 Å². The van der Waals surface area contributed by atoms with Gasteiger partial charge in [0.1, 0.15) is 0 Å². The molecule has 21 heavy (non-hydrogen) atoms. The summed E-state index contributed by atoms with van der Waals surface area (Å²) in [6.07, 6.45) is 5.94. The number of hydrogen-bond donors (Lipinski definition) is 2. The molecule has 2 N–H and O–H groups in total. The van der Waals surface area contributed by atoms with E-state index in [0.717, 1.165) is 24.3 Å². The fraction of sp³-hybridized carbons (Fsp3) is 0.600. The smallest absolute Gasteiger partial charge is 0.264 e. The molecule has 0 saturated heterocycles. The first-order valence-corrected chi connectivity index (χ1v) is 9.32. The van der Waals surface area contributed by atoms with Crippen molar-refractivity contribution in [1.82, 2.24) is 5.32 Å². The minimum Gasteiger partial charge on any atom is -0.311 e. The second kappa shape index (κ2) is 7.09. The molecule has 0 aromatic heterocycles. The minimum atomic E-state index is -3.86. The molecule has 0 aliphatic heterocycles. The van der Waals surface area contributed by atoms with Gasteiger partial charge < -0.3 is 5.32 Å². The SMILES string of the molecule is O=S(=O)(O)CCCNC1(Cc2ccc(Cl)cc2)CCCC1. The highest BCUT2D eigenvalue weighted by Crippen LogP contribution is 2.33. The van der Waals surface area contributed by atoms with Crippen molar-refractivity contribution in [2.45, 2.75) is 44.1 Å². The van der Waals surface area contributed by atoms with Gasteiger partial charge in [0.15, 0.2) is 0 Å². The molecule has 0 amide bonds. The highest BCUT2D eigenvalue weighted by molar-refractivity contribution is 7.85. The topological polar surface area (TPSA) is 66.4 Å². The van der Waals surface area contributed by atoms with Gasteiger partial charge in [-0.2, -0.15) is 8.42 Å². The average molecular weight is 332 g/mol. The number of nitrogens with one attached hydrogen (secondary N) is 1. The summed E-state index contributed by atoms with van der Waals surface area (Å²) in [4.78, 5) is 0. The van der Waals surface area contributed by atoms with E-state index in [4.69, 9.17) is 16.2 Å². The van der Waals surface area contributed by atoms with Crippen LogP contribution in [0.25, 0.3) is 0 Å². The second-order valence-electron chi connectivity index (χ2n) is 5.86. The standard InChI is InChI=1S/C15H22ClNO3S/c16-14-6-4-13(5-7-14)12-15(8-1-2-9-15)17-10-3-11-21(18,19)20/h4-7,17H,1-3,8-12H2,(H,18,19,20). The Kier molecular flexibility index (Phi) is 5.66. The van der Waals surface area contributed by atoms with E-state index in [2.05, 4.69) is 5.32 Å². The Hall–Kier alpha value is -0.620. The van der Waals surface area contributed by atoms with Crippen molar-refractivity contribution in [3.05, 3.63) is 34.9 Å². The molecule has 4 nitrogen and oxygen atoms in total. The summed E-state index contributed by atoms with van der Waals surface area (Å²) in [7, 11) is -3.86. The van der Waals surface area contributed by atoms with Crippen LogP contribution in [0.3, 0.4) is 0 Å². The lowest BCUT2D eigenvalue weighted by molar-refractivity contribution is 0.329. The van der Waals surface area contributed by atoms with Crippen LogP contribution in [-0.2, 0) is 16.5 Å². The Balaban J connectivity index is 1.92. The fourth-order valence-electron chi connectivity index (χ4n) is 3.07. The number of hydrogen-bond acceptors (Lipinski definition) is 3. The summed E-state index contributed by atoms with van der Waals surface area (Å²) in [5.74, 6) is -0.184. The Bertz CT molecular complexity index is 551. The Morgan fingerprint density at radius 3 is 2.38 bits per heavy atom. The molecule has 118 valence electrons. The Morgan fingerprint density at radius 2 is 1.81 bits per heavy atom. The van der Waals surface area contributed by atoms with Gasteiger partial charge in [0.2, 0.25) is 0 Å². The van der Waals surface area contributed by atoms with Crippen molar-refractivity contribution in [3.63, 3.8) is 0 Å². The molecule has 0 heterocycles. The lowest BCUT2D eigenvalue weighted by Gasteiger charge is -2.31. The largest absolute Gasteiger partial charge is 0.311 e. The van der Waals surface area contributed by atoms with Crippen molar-refractivity contribution in [1.29, 1.82) is 0 Å². The Labute approximate surface area is 131 Å². The van der Waals surface area contributed by atoms with Crippen molar-refractivity contribution >= 4 is 21.7 Å².